The minimum atomic E-state index is 0.452. The largest absolute Gasteiger partial charge is 0.422 e. The lowest BCUT2D eigenvalue weighted by atomic mass is 10.2. The van der Waals surface area contributed by atoms with E-state index < -0.39 is 0 Å². The average molecular weight is 262 g/mol. The van der Waals surface area contributed by atoms with Gasteiger partial charge in [0.15, 0.2) is 5.58 Å². The number of benzene rings is 1. The highest BCUT2D eigenvalue weighted by atomic mass is 16.4. The molecule has 0 saturated carbocycles. The van der Waals surface area contributed by atoms with Crippen LogP contribution in [0.5, 0.6) is 0 Å². The Morgan fingerprint density at radius 3 is 2.75 bits per heavy atom. The molecule has 1 aromatic carbocycles. The lowest BCUT2D eigenvalue weighted by molar-refractivity contribution is 0.543. The highest BCUT2D eigenvalue weighted by Gasteiger charge is 2.09. The monoisotopic (exact) mass is 262 g/mol. The van der Waals surface area contributed by atoms with Gasteiger partial charge < -0.3 is 4.42 Å². The van der Waals surface area contributed by atoms with Gasteiger partial charge in [-0.3, -0.25) is 4.98 Å². The van der Waals surface area contributed by atoms with Crippen molar-refractivity contribution in [2.75, 3.05) is 0 Å². The van der Waals surface area contributed by atoms with Gasteiger partial charge in [-0.15, -0.1) is 0 Å². The van der Waals surface area contributed by atoms with Crippen LogP contribution >= 0.6 is 0 Å². The van der Waals surface area contributed by atoms with Crippen molar-refractivity contribution in [3.63, 3.8) is 0 Å². The fourth-order valence-corrected chi connectivity index (χ4v) is 2.05. The van der Waals surface area contributed by atoms with Gasteiger partial charge in [-0.2, -0.15) is 14.8 Å². The van der Waals surface area contributed by atoms with Crippen molar-refractivity contribution in [2.45, 2.75) is 0 Å². The first-order valence-corrected chi connectivity index (χ1v) is 6.22. The molecule has 0 bridgehead atoms. The Hall–Kier alpha value is -2.95. The van der Waals surface area contributed by atoms with Crippen LogP contribution in [0.3, 0.4) is 0 Å². The molecule has 20 heavy (non-hydrogen) atoms. The van der Waals surface area contributed by atoms with Gasteiger partial charge in [0.2, 0.25) is 0 Å². The number of aromatic nitrogens is 4. The zero-order valence-corrected chi connectivity index (χ0v) is 10.5. The number of hydrogen-bond donors (Lipinski definition) is 0. The summed E-state index contributed by atoms with van der Waals surface area (Å²) in [5.74, 6) is 0. The number of oxazole rings is 1. The van der Waals surface area contributed by atoms with Gasteiger partial charge in [-0.05, 0) is 24.3 Å². The Morgan fingerprint density at radius 1 is 1.00 bits per heavy atom. The molecule has 0 radical (unpaired) electrons. The third-order valence-corrected chi connectivity index (χ3v) is 3.02. The summed E-state index contributed by atoms with van der Waals surface area (Å²) in [7, 11) is 0. The van der Waals surface area contributed by atoms with Gasteiger partial charge in [-0.1, -0.05) is 18.2 Å². The molecular formula is C15H10N4O. The molecule has 4 rings (SSSR count). The third kappa shape index (κ3) is 1.76. The second kappa shape index (κ2) is 4.31. The number of pyridine rings is 1. The summed E-state index contributed by atoms with van der Waals surface area (Å²) < 4.78 is 7.29. The van der Waals surface area contributed by atoms with Crippen molar-refractivity contribution in [3.05, 3.63) is 61.1 Å². The Bertz CT molecular complexity index is 831. The molecule has 5 heteroatoms. The molecule has 0 fully saturated rings. The Morgan fingerprint density at radius 2 is 1.90 bits per heavy atom. The summed E-state index contributed by atoms with van der Waals surface area (Å²) in [5, 5.41) is 4.28. The molecule has 5 nitrogen and oxygen atoms in total. The molecular weight excluding hydrogens is 252 g/mol. The van der Waals surface area contributed by atoms with Crippen LogP contribution in [0.25, 0.3) is 28.4 Å². The molecule has 3 aromatic heterocycles. The first kappa shape index (κ1) is 10.9. The standard InChI is InChI=1S/C15H10N4O/c1-2-7-14-13(6-1)18-15(20-14)19-10-11(9-17-19)12-5-3-4-8-16-12/h1-10H. The number of rotatable bonds is 2. The zero-order valence-electron chi connectivity index (χ0n) is 10.5. The molecule has 0 aliphatic carbocycles. The van der Waals surface area contributed by atoms with Gasteiger partial charge in [0.05, 0.1) is 11.9 Å². The maximum absolute atomic E-state index is 5.67. The minimum absolute atomic E-state index is 0.452. The molecule has 0 atom stereocenters. The fraction of sp³-hybridized carbons (Fsp3) is 0. The van der Waals surface area contributed by atoms with E-state index in [0.29, 0.717) is 6.01 Å². The molecule has 3 heterocycles. The number of fused-ring (bicyclic) bond motifs is 1. The van der Waals surface area contributed by atoms with Gasteiger partial charge in [-0.25, -0.2) is 0 Å². The third-order valence-electron chi connectivity index (χ3n) is 3.02. The lowest BCUT2D eigenvalue weighted by Crippen LogP contribution is -1.93. The molecule has 0 N–H and O–H groups in total. The van der Waals surface area contributed by atoms with E-state index in [4.69, 9.17) is 4.42 Å². The van der Waals surface area contributed by atoms with Crippen LogP contribution in [0.2, 0.25) is 0 Å². The van der Waals surface area contributed by atoms with Gasteiger partial charge in [0, 0.05) is 18.0 Å². The number of nitrogens with zero attached hydrogens (tertiary/aromatic N) is 4. The van der Waals surface area contributed by atoms with Crippen LogP contribution in [-0.2, 0) is 0 Å². The fourth-order valence-electron chi connectivity index (χ4n) is 2.05. The summed E-state index contributed by atoms with van der Waals surface area (Å²) in [6.45, 7) is 0. The lowest BCUT2D eigenvalue weighted by Gasteiger charge is -1.93. The Labute approximate surface area is 114 Å². The molecule has 0 amide bonds. The normalized spacial score (nSPS) is 11.0. The highest BCUT2D eigenvalue weighted by molar-refractivity contribution is 5.73. The van der Waals surface area contributed by atoms with Crippen molar-refractivity contribution in [3.8, 4) is 17.3 Å². The molecule has 0 saturated heterocycles. The number of para-hydroxylation sites is 2. The van der Waals surface area contributed by atoms with E-state index in [9.17, 15) is 0 Å². The van der Waals surface area contributed by atoms with Crippen molar-refractivity contribution in [2.24, 2.45) is 0 Å². The topological polar surface area (TPSA) is 56.7 Å². The van der Waals surface area contributed by atoms with Crippen LogP contribution < -0.4 is 0 Å². The predicted octanol–water partition coefficient (Wildman–Crippen LogP) is 3.08. The van der Waals surface area contributed by atoms with Gasteiger partial charge in [0.1, 0.15) is 5.52 Å². The second-order valence-corrected chi connectivity index (χ2v) is 4.35. The highest BCUT2D eigenvalue weighted by Crippen LogP contribution is 2.20. The first-order valence-electron chi connectivity index (χ1n) is 6.22. The van der Waals surface area contributed by atoms with Gasteiger partial charge in [0.25, 0.3) is 0 Å². The summed E-state index contributed by atoms with van der Waals surface area (Å²) in [4.78, 5) is 8.70. The van der Waals surface area contributed by atoms with E-state index in [-0.39, 0.29) is 0 Å². The summed E-state index contributed by atoms with van der Waals surface area (Å²) in [5.41, 5.74) is 3.36. The predicted molar refractivity (Wildman–Crippen MR) is 74.4 cm³/mol. The molecule has 96 valence electrons. The molecule has 0 unspecified atom stereocenters. The van der Waals surface area contributed by atoms with Crippen molar-refractivity contribution < 1.29 is 4.42 Å². The summed E-state index contributed by atoms with van der Waals surface area (Å²) in [6, 6.07) is 13.9. The number of hydrogen-bond acceptors (Lipinski definition) is 4. The van der Waals surface area contributed by atoms with Crippen molar-refractivity contribution in [1.29, 1.82) is 0 Å². The maximum Gasteiger partial charge on any atom is 0.323 e. The molecule has 0 aliphatic heterocycles. The van der Waals surface area contributed by atoms with E-state index in [0.717, 1.165) is 22.4 Å². The van der Waals surface area contributed by atoms with Crippen LogP contribution in [0, 0.1) is 0 Å². The van der Waals surface area contributed by atoms with Crippen LogP contribution in [0.4, 0.5) is 0 Å². The van der Waals surface area contributed by atoms with Crippen LogP contribution in [0.15, 0.2) is 65.5 Å². The first-order chi connectivity index (χ1) is 9.90. The Balaban J connectivity index is 1.78. The SMILES string of the molecule is c1ccc(-c2cnn(-c3nc4ccccc4o3)c2)nc1. The minimum Gasteiger partial charge on any atom is -0.422 e. The van der Waals surface area contributed by atoms with E-state index in [2.05, 4.69) is 15.1 Å². The zero-order chi connectivity index (χ0) is 13.4. The van der Waals surface area contributed by atoms with Crippen LogP contribution in [0.1, 0.15) is 0 Å². The van der Waals surface area contributed by atoms with E-state index in [1.807, 2.05) is 48.7 Å². The smallest absolute Gasteiger partial charge is 0.323 e. The quantitative estimate of drug-likeness (QED) is 0.557. The summed E-state index contributed by atoms with van der Waals surface area (Å²) >= 11 is 0. The molecule has 0 spiro atoms. The molecule has 4 aromatic rings. The molecule has 0 aliphatic rings. The van der Waals surface area contributed by atoms with Crippen molar-refractivity contribution >= 4 is 11.1 Å². The van der Waals surface area contributed by atoms with E-state index in [1.54, 1.807) is 17.1 Å². The maximum atomic E-state index is 5.67. The van der Waals surface area contributed by atoms with E-state index in [1.165, 1.54) is 0 Å². The Kier molecular flexibility index (Phi) is 2.35. The van der Waals surface area contributed by atoms with E-state index >= 15 is 0 Å². The van der Waals surface area contributed by atoms with Gasteiger partial charge >= 0.3 is 6.01 Å². The van der Waals surface area contributed by atoms with Crippen LogP contribution in [-0.4, -0.2) is 19.7 Å². The second-order valence-electron chi connectivity index (χ2n) is 4.35. The van der Waals surface area contributed by atoms with Crippen molar-refractivity contribution in [1.82, 2.24) is 19.7 Å². The summed E-state index contributed by atoms with van der Waals surface area (Å²) in [6.07, 6.45) is 5.36. The average Bonchev–Trinajstić information content (AvgIpc) is 3.14.